The van der Waals surface area contributed by atoms with E-state index in [9.17, 15) is 9.59 Å². The lowest BCUT2D eigenvalue weighted by Gasteiger charge is -2.33. The third kappa shape index (κ3) is 4.03. The summed E-state index contributed by atoms with van der Waals surface area (Å²) in [5.74, 6) is 0.715. The largest absolute Gasteiger partial charge is 0.343 e. The topological polar surface area (TPSA) is 70.5 Å². The average molecular weight is 319 g/mol. The maximum Gasteiger partial charge on any atom is 0.317 e. The van der Waals surface area contributed by atoms with Crippen LogP contribution in [0.25, 0.3) is 0 Å². The number of carbonyl (C=O) groups is 2. The number of aromatic nitrogens is 2. The maximum atomic E-state index is 12.3. The van der Waals surface area contributed by atoms with Gasteiger partial charge in [-0.05, 0) is 31.2 Å². The average Bonchev–Trinajstić information content (AvgIpc) is 3.14. The van der Waals surface area contributed by atoms with E-state index in [2.05, 4.69) is 10.4 Å². The molecule has 0 atom stereocenters. The van der Waals surface area contributed by atoms with Crippen LogP contribution in [-0.4, -0.2) is 64.2 Å². The molecule has 0 spiro atoms. The van der Waals surface area contributed by atoms with E-state index in [4.69, 9.17) is 0 Å². The van der Waals surface area contributed by atoms with Crippen LogP contribution < -0.4 is 5.32 Å². The van der Waals surface area contributed by atoms with Gasteiger partial charge in [-0.15, -0.1) is 0 Å². The first-order valence-corrected chi connectivity index (χ1v) is 8.41. The third-order valence-corrected chi connectivity index (χ3v) is 4.71. The number of aryl methyl sites for hydroxylation is 2. The molecule has 2 aliphatic heterocycles. The van der Waals surface area contributed by atoms with Crippen molar-refractivity contribution in [2.75, 3.05) is 32.7 Å². The van der Waals surface area contributed by atoms with Crippen molar-refractivity contribution in [1.82, 2.24) is 24.9 Å². The second kappa shape index (κ2) is 7.02. The summed E-state index contributed by atoms with van der Waals surface area (Å²) < 4.78 is 1.83. The molecule has 0 unspecified atom stereocenters. The van der Waals surface area contributed by atoms with Gasteiger partial charge in [0.2, 0.25) is 5.91 Å². The summed E-state index contributed by atoms with van der Waals surface area (Å²) >= 11 is 0. The summed E-state index contributed by atoms with van der Waals surface area (Å²) in [7, 11) is 0. The minimum absolute atomic E-state index is 0.0537. The first-order valence-electron chi connectivity index (χ1n) is 8.41. The molecule has 7 nitrogen and oxygen atoms in total. The number of hydrogen-bond donors (Lipinski definition) is 1. The highest BCUT2D eigenvalue weighted by molar-refractivity contribution is 5.76. The maximum absolute atomic E-state index is 12.3. The van der Waals surface area contributed by atoms with Gasteiger partial charge in [-0.25, -0.2) is 4.79 Å². The number of rotatable bonds is 5. The number of nitrogens with one attached hydrogen (secondary N) is 1. The lowest BCUT2D eigenvalue weighted by molar-refractivity contribution is -0.132. The fraction of sp³-hybridized carbons (Fsp3) is 0.688. The number of likely N-dealkylation sites (tertiary alicyclic amines) is 1. The molecule has 2 aliphatic rings. The SMILES string of the molecule is Cc1cnn(CCC(=O)N2CCC(CN3CCNC3=O)CC2)c1. The Morgan fingerprint density at radius 2 is 2.13 bits per heavy atom. The normalized spacial score (nSPS) is 19.3. The number of amides is 3. The molecule has 7 heteroatoms. The van der Waals surface area contributed by atoms with Gasteiger partial charge in [0.25, 0.3) is 0 Å². The zero-order chi connectivity index (χ0) is 16.2. The number of urea groups is 1. The fourth-order valence-corrected chi connectivity index (χ4v) is 3.32. The fourth-order valence-electron chi connectivity index (χ4n) is 3.32. The summed E-state index contributed by atoms with van der Waals surface area (Å²) in [6.07, 6.45) is 6.23. The zero-order valence-electron chi connectivity index (χ0n) is 13.7. The van der Waals surface area contributed by atoms with E-state index in [-0.39, 0.29) is 11.9 Å². The number of hydrogen-bond acceptors (Lipinski definition) is 3. The summed E-state index contributed by atoms with van der Waals surface area (Å²) in [6.45, 7) is 6.62. The molecule has 2 saturated heterocycles. The van der Waals surface area contributed by atoms with Gasteiger partial charge in [-0.2, -0.15) is 5.10 Å². The molecule has 3 rings (SSSR count). The first kappa shape index (κ1) is 15.8. The van der Waals surface area contributed by atoms with Gasteiger partial charge in [0, 0.05) is 51.9 Å². The standard InChI is InChI=1S/C16H25N5O2/c1-13-10-18-21(11-13)8-4-15(22)19-6-2-14(3-7-19)12-20-9-5-17-16(20)23/h10-11,14H,2-9,12H2,1H3,(H,17,23). The Bertz CT molecular complexity index is 563. The van der Waals surface area contributed by atoms with Crippen LogP contribution >= 0.6 is 0 Å². The molecule has 0 saturated carbocycles. The van der Waals surface area contributed by atoms with Gasteiger partial charge in [-0.1, -0.05) is 0 Å². The van der Waals surface area contributed by atoms with Crippen molar-refractivity contribution >= 4 is 11.9 Å². The smallest absolute Gasteiger partial charge is 0.317 e. The molecule has 1 aromatic rings. The lowest BCUT2D eigenvalue weighted by atomic mass is 9.96. The Kier molecular flexibility index (Phi) is 4.83. The van der Waals surface area contributed by atoms with Crippen molar-refractivity contribution < 1.29 is 9.59 Å². The molecule has 2 fully saturated rings. The van der Waals surface area contributed by atoms with E-state index in [0.29, 0.717) is 18.9 Å². The zero-order valence-corrected chi connectivity index (χ0v) is 13.7. The van der Waals surface area contributed by atoms with Crippen LogP contribution in [-0.2, 0) is 11.3 Å². The summed E-state index contributed by atoms with van der Waals surface area (Å²) in [4.78, 5) is 27.7. The van der Waals surface area contributed by atoms with Gasteiger partial charge >= 0.3 is 6.03 Å². The molecule has 0 aromatic carbocycles. The van der Waals surface area contributed by atoms with E-state index < -0.39 is 0 Å². The molecule has 1 aromatic heterocycles. The molecule has 3 amide bonds. The summed E-state index contributed by atoms with van der Waals surface area (Å²) in [5, 5.41) is 7.05. The Balaban J connectivity index is 1.39. The van der Waals surface area contributed by atoms with Gasteiger partial charge < -0.3 is 15.1 Å². The number of carbonyl (C=O) groups excluding carboxylic acids is 2. The van der Waals surface area contributed by atoms with E-state index >= 15 is 0 Å². The number of piperidine rings is 1. The summed E-state index contributed by atoms with van der Waals surface area (Å²) in [6, 6.07) is 0.0537. The highest BCUT2D eigenvalue weighted by Crippen LogP contribution is 2.20. The Morgan fingerprint density at radius 3 is 2.74 bits per heavy atom. The highest BCUT2D eigenvalue weighted by Gasteiger charge is 2.27. The van der Waals surface area contributed by atoms with Gasteiger partial charge in [0.1, 0.15) is 0 Å². The van der Waals surface area contributed by atoms with Crippen LogP contribution in [0.3, 0.4) is 0 Å². The van der Waals surface area contributed by atoms with Crippen LogP contribution in [0.2, 0.25) is 0 Å². The quantitative estimate of drug-likeness (QED) is 0.874. The lowest BCUT2D eigenvalue weighted by Crippen LogP contribution is -2.42. The molecule has 0 aliphatic carbocycles. The Labute approximate surface area is 136 Å². The first-order chi connectivity index (χ1) is 11.1. The summed E-state index contributed by atoms with van der Waals surface area (Å²) in [5.41, 5.74) is 1.12. The van der Waals surface area contributed by atoms with E-state index in [1.165, 1.54) is 0 Å². The molecule has 23 heavy (non-hydrogen) atoms. The van der Waals surface area contributed by atoms with E-state index in [1.807, 2.05) is 33.8 Å². The van der Waals surface area contributed by atoms with Crippen LogP contribution in [0.15, 0.2) is 12.4 Å². The van der Waals surface area contributed by atoms with Crippen LogP contribution in [0.5, 0.6) is 0 Å². The Morgan fingerprint density at radius 1 is 1.35 bits per heavy atom. The van der Waals surface area contributed by atoms with Crippen molar-refractivity contribution in [2.24, 2.45) is 5.92 Å². The molecule has 3 heterocycles. The molecule has 0 radical (unpaired) electrons. The highest BCUT2D eigenvalue weighted by atomic mass is 16.2. The minimum atomic E-state index is 0.0537. The monoisotopic (exact) mass is 319 g/mol. The van der Waals surface area contributed by atoms with Crippen molar-refractivity contribution in [3.8, 4) is 0 Å². The van der Waals surface area contributed by atoms with Crippen molar-refractivity contribution in [3.63, 3.8) is 0 Å². The molecule has 126 valence electrons. The molecule has 0 bridgehead atoms. The van der Waals surface area contributed by atoms with Gasteiger partial charge in [-0.3, -0.25) is 9.48 Å². The van der Waals surface area contributed by atoms with Gasteiger partial charge in [0.15, 0.2) is 0 Å². The van der Waals surface area contributed by atoms with Gasteiger partial charge in [0.05, 0.1) is 6.20 Å². The van der Waals surface area contributed by atoms with Crippen molar-refractivity contribution in [2.45, 2.75) is 32.7 Å². The van der Waals surface area contributed by atoms with Crippen molar-refractivity contribution in [1.29, 1.82) is 0 Å². The number of nitrogens with zero attached hydrogens (tertiary/aromatic N) is 4. The second-order valence-electron chi connectivity index (χ2n) is 6.53. The molecular weight excluding hydrogens is 294 g/mol. The predicted molar refractivity (Wildman–Crippen MR) is 85.9 cm³/mol. The van der Waals surface area contributed by atoms with E-state index in [0.717, 1.165) is 51.1 Å². The molecular formula is C16H25N5O2. The molecule has 1 N–H and O–H groups in total. The second-order valence-corrected chi connectivity index (χ2v) is 6.53. The predicted octanol–water partition coefficient (Wildman–Crippen LogP) is 0.845. The Hall–Kier alpha value is -2.05. The van der Waals surface area contributed by atoms with Crippen molar-refractivity contribution in [3.05, 3.63) is 18.0 Å². The van der Waals surface area contributed by atoms with Crippen LogP contribution in [0, 0.1) is 12.8 Å². The van der Waals surface area contributed by atoms with Crippen LogP contribution in [0.1, 0.15) is 24.8 Å². The minimum Gasteiger partial charge on any atom is -0.343 e. The third-order valence-electron chi connectivity index (χ3n) is 4.71. The van der Waals surface area contributed by atoms with Crippen LogP contribution in [0.4, 0.5) is 4.79 Å². The van der Waals surface area contributed by atoms with E-state index in [1.54, 1.807) is 0 Å².